The van der Waals surface area contributed by atoms with Crippen LogP contribution in [0.5, 0.6) is 0 Å². The van der Waals surface area contributed by atoms with Gasteiger partial charge in [0.15, 0.2) is 9.84 Å². The van der Waals surface area contributed by atoms with E-state index in [1.807, 2.05) is 42.1 Å². The molecule has 2 aliphatic rings. The number of aryl methyl sites for hydroxylation is 1. The number of nitrogens with zero attached hydrogens (tertiary/aromatic N) is 2. The third-order valence-corrected chi connectivity index (χ3v) is 7.44. The van der Waals surface area contributed by atoms with Gasteiger partial charge in [-0.05, 0) is 18.2 Å². The van der Waals surface area contributed by atoms with E-state index in [2.05, 4.69) is 5.32 Å². The fraction of sp³-hybridized carbons (Fsp3) is 0.211. The first-order chi connectivity index (χ1) is 13.7. The summed E-state index contributed by atoms with van der Waals surface area (Å²) in [6.45, 7) is -0.248. The highest BCUT2D eigenvalue weighted by Crippen LogP contribution is 2.34. The molecule has 7 nitrogen and oxygen atoms in total. The maximum absolute atomic E-state index is 12.8. The summed E-state index contributed by atoms with van der Waals surface area (Å²) in [5.74, 6) is -0.963. The Labute approximate surface area is 177 Å². The molecule has 29 heavy (non-hydrogen) atoms. The predicted octanol–water partition coefficient (Wildman–Crippen LogP) is 1.81. The molecule has 1 saturated heterocycles. The highest BCUT2D eigenvalue weighted by atomic mass is 32.2. The summed E-state index contributed by atoms with van der Waals surface area (Å²) in [4.78, 5) is 26.7. The number of hydrogen-bond acceptors (Lipinski definition) is 6. The Balaban J connectivity index is 1.49. The molecule has 0 aliphatic carbocycles. The molecule has 10 heteroatoms. The molecule has 0 saturated carbocycles. The molecule has 150 valence electrons. The molecule has 3 heterocycles. The molecule has 1 aromatic carbocycles. The van der Waals surface area contributed by atoms with Crippen LogP contribution < -0.4 is 5.32 Å². The summed E-state index contributed by atoms with van der Waals surface area (Å²) in [5, 5.41) is 4.71. The molecule has 0 spiro atoms. The monoisotopic (exact) mass is 447 g/mol. The van der Waals surface area contributed by atoms with Gasteiger partial charge in [-0.1, -0.05) is 42.2 Å². The largest absolute Gasteiger partial charge is 0.350 e. The van der Waals surface area contributed by atoms with E-state index in [4.69, 9.17) is 12.2 Å². The van der Waals surface area contributed by atoms with E-state index in [9.17, 15) is 18.0 Å². The van der Waals surface area contributed by atoms with E-state index < -0.39 is 21.8 Å². The van der Waals surface area contributed by atoms with E-state index in [1.54, 1.807) is 6.08 Å². The van der Waals surface area contributed by atoms with Crippen molar-refractivity contribution in [2.45, 2.75) is 6.04 Å². The van der Waals surface area contributed by atoms with Crippen LogP contribution in [-0.2, 0) is 26.5 Å². The number of thiocarbonyl (C=S) groups is 1. The predicted molar refractivity (Wildman–Crippen MR) is 118 cm³/mol. The fourth-order valence-corrected chi connectivity index (χ4v) is 5.81. The molecule has 1 fully saturated rings. The zero-order chi connectivity index (χ0) is 20.8. The second-order valence-electron chi connectivity index (χ2n) is 6.81. The molecule has 1 N–H and O–H groups in total. The molecular formula is C19H17N3O4S3. The number of hydrogen-bond donors (Lipinski definition) is 1. The zero-order valence-corrected chi connectivity index (χ0v) is 17.8. The van der Waals surface area contributed by atoms with Gasteiger partial charge in [0, 0.05) is 35.1 Å². The van der Waals surface area contributed by atoms with Gasteiger partial charge in [-0.25, -0.2) is 8.42 Å². The molecule has 4 rings (SSSR count). The second-order valence-corrected chi connectivity index (χ2v) is 10.4. The summed E-state index contributed by atoms with van der Waals surface area (Å²) in [6.07, 6.45) is 5.15. The molecule has 0 bridgehead atoms. The lowest BCUT2D eigenvalue weighted by molar-refractivity contribution is -0.128. The van der Waals surface area contributed by atoms with Crippen LogP contribution in [0.1, 0.15) is 5.56 Å². The highest BCUT2D eigenvalue weighted by molar-refractivity contribution is 8.26. The number of rotatable bonds is 4. The summed E-state index contributed by atoms with van der Waals surface area (Å²) < 4.78 is 25.2. The molecule has 2 amide bonds. The number of carbonyl (C=O) groups is 2. The topological polar surface area (TPSA) is 88.5 Å². The molecule has 0 radical (unpaired) electrons. The van der Waals surface area contributed by atoms with Crippen molar-refractivity contribution in [3.63, 3.8) is 0 Å². The summed E-state index contributed by atoms with van der Waals surface area (Å²) >= 11 is 6.43. The van der Waals surface area contributed by atoms with Gasteiger partial charge in [-0.3, -0.25) is 14.5 Å². The van der Waals surface area contributed by atoms with E-state index in [-0.39, 0.29) is 18.2 Å². The lowest BCUT2D eigenvalue weighted by Gasteiger charge is -2.16. The van der Waals surface area contributed by atoms with Gasteiger partial charge in [0.2, 0.25) is 5.91 Å². The number of aromatic nitrogens is 1. The van der Waals surface area contributed by atoms with Gasteiger partial charge in [-0.2, -0.15) is 0 Å². The SMILES string of the molecule is Cn1cc(C=C2SC(=S)N(CC(=O)NC3C=CS(=O)(=O)C3)C2=O)c2ccccc21. The molecular weight excluding hydrogens is 430 g/mol. The van der Waals surface area contributed by atoms with Crippen molar-refractivity contribution in [1.82, 2.24) is 14.8 Å². The van der Waals surface area contributed by atoms with E-state index in [0.717, 1.165) is 33.6 Å². The normalized spacial score (nSPS) is 22.2. The van der Waals surface area contributed by atoms with Crippen molar-refractivity contribution in [1.29, 1.82) is 0 Å². The number of nitrogens with one attached hydrogen (secondary N) is 1. The minimum atomic E-state index is -3.27. The maximum Gasteiger partial charge on any atom is 0.266 e. The Bertz CT molecular complexity index is 1210. The summed E-state index contributed by atoms with van der Waals surface area (Å²) in [5.41, 5.74) is 1.95. The van der Waals surface area contributed by atoms with Crippen LogP contribution in [0.15, 0.2) is 46.9 Å². The molecule has 2 aromatic rings. The minimum absolute atomic E-state index is 0.169. The minimum Gasteiger partial charge on any atom is -0.350 e. The van der Waals surface area contributed by atoms with Crippen molar-refractivity contribution in [2.24, 2.45) is 7.05 Å². The zero-order valence-electron chi connectivity index (χ0n) is 15.4. The standard InChI is InChI=1S/C19H17N3O4S3/c1-21-9-12(14-4-2-3-5-15(14)21)8-16-18(24)22(19(27)28-16)10-17(23)20-13-6-7-29(25,26)11-13/h2-9,13H,10-11H2,1H3,(H,20,23). The van der Waals surface area contributed by atoms with Crippen molar-refractivity contribution in [2.75, 3.05) is 12.3 Å². The Kier molecular flexibility index (Phi) is 5.09. The summed E-state index contributed by atoms with van der Waals surface area (Å²) in [7, 11) is -1.33. The summed E-state index contributed by atoms with van der Waals surface area (Å²) in [6, 6.07) is 7.29. The number of thioether (sulfide) groups is 1. The Hall–Kier alpha value is -2.43. The van der Waals surface area contributed by atoms with Gasteiger partial charge in [0.05, 0.1) is 16.7 Å². The smallest absolute Gasteiger partial charge is 0.266 e. The Morgan fingerprint density at radius 2 is 2.14 bits per heavy atom. The van der Waals surface area contributed by atoms with E-state index >= 15 is 0 Å². The fourth-order valence-electron chi connectivity index (χ4n) is 3.33. The van der Waals surface area contributed by atoms with E-state index in [0.29, 0.717) is 9.23 Å². The number of sulfone groups is 1. The van der Waals surface area contributed by atoms with E-state index in [1.165, 1.54) is 11.0 Å². The first-order valence-electron chi connectivity index (χ1n) is 8.73. The first-order valence-corrected chi connectivity index (χ1v) is 11.7. The van der Waals surface area contributed by atoms with Crippen LogP contribution in [0.2, 0.25) is 0 Å². The van der Waals surface area contributed by atoms with Crippen molar-refractivity contribution < 1.29 is 18.0 Å². The maximum atomic E-state index is 12.8. The van der Waals surface area contributed by atoms with Gasteiger partial charge in [0.1, 0.15) is 10.9 Å². The van der Waals surface area contributed by atoms with Crippen LogP contribution in [-0.4, -0.2) is 52.4 Å². The average Bonchev–Trinajstić information content (AvgIpc) is 3.25. The Morgan fingerprint density at radius 3 is 2.86 bits per heavy atom. The third-order valence-electron chi connectivity index (χ3n) is 4.67. The third kappa shape index (κ3) is 4.00. The average molecular weight is 448 g/mol. The highest BCUT2D eigenvalue weighted by Gasteiger charge is 2.34. The van der Waals surface area contributed by atoms with Crippen LogP contribution in [0.25, 0.3) is 17.0 Å². The van der Waals surface area contributed by atoms with Gasteiger partial charge >= 0.3 is 0 Å². The number of fused-ring (bicyclic) bond motifs is 1. The van der Waals surface area contributed by atoms with Crippen LogP contribution in [0.3, 0.4) is 0 Å². The number of carbonyl (C=O) groups excluding carboxylic acids is 2. The molecule has 1 unspecified atom stereocenters. The lowest BCUT2D eigenvalue weighted by atomic mass is 10.1. The van der Waals surface area contributed by atoms with Crippen LogP contribution in [0, 0.1) is 0 Å². The quantitative estimate of drug-likeness (QED) is 0.568. The molecule has 1 atom stereocenters. The van der Waals surface area contributed by atoms with Gasteiger partial charge < -0.3 is 9.88 Å². The number of benzene rings is 1. The van der Waals surface area contributed by atoms with Gasteiger partial charge in [0.25, 0.3) is 5.91 Å². The number of para-hydroxylation sites is 1. The van der Waals surface area contributed by atoms with Crippen molar-refractivity contribution in [3.05, 3.63) is 52.4 Å². The van der Waals surface area contributed by atoms with Crippen LogP contribution >= 0.6 is 24.0 Å². The van der Waals surface area contributed by atoms with Crippen molar-refractivity contribution >= 4 is 66.9 Å². The second kappa shape index (κ2) is 7.43. The van der Waals surface area contributed by atoms with Crippen LogP contribution in [0.4, 0.5) is 0 Å². The first kappa shape index (κ1) is 19.9. The Morgan fingerprint density at radius 1 is 1.38 bits per heavy atom. The molecule has 1 aromatic heterocycles. The molecule has 2 aliphatic heterocycles. The number of amides is 2. The van der Waals surface area contributed by atoms with Gasteiger partial charge in [-0.15, -0.1) is 0 Å². The van der Waals surface area contributed by atoms with Crippen molar-refractivity contribution in [3.8, 4) is 0 Å². The lowest BCUT2D eigenvalue weighted by Crippen LogP contribution is -2.43.